The van der Waals surface area contributed by atoms with Gasteiger partial charge in [0.2, 0.25) is 11.7 Å². The van der Waals surface area contributed by atoms with Crippen molar-refractivity contribution in [3.05, 3.63) is 35.9 Å². The third-order valence-corrected chi connectivity index (χ3v) is 4.72. The highest BCUT2D eigenvalue weighted by Crippen LogP contribution is 2.22. The van der Waals surface area contributed by atoms with Gasteiger partial charge in [-0.05, 0) is 37.9 Å². The van der Waals surface area contributed by atoms with E-state index in [4.69, 9.17) is 0 Å². The number of ketones is 1. The molecule has 1 atom stereocenters. The first-order valence-electron chi connectivity index (χ1n) is 8.54. The monoisotopic (exact) mass is 329 g/mol. The molecule has 2 aliphatic rings. The Bertz CT molecular complexity index is 611. The number of carbonyl (C=O) groups excluding carboxylic acids is 3. The molecule has 24 heavy (non-hydrogen) atoms. The third-order valence-electron chi connectivity index (χ3n) is 4.72. The van der Waals surface area contributed by atoms with Crippen LogP contribution in [0, 0.1) is 0 Å². The van der Waals surface area contributed by atoms with Crippen LogP contribution >= 0.6 is 0 Å². The van der Waals surface area contributed by atoms with Gasteiger partial charge in [0.15, 0.2) is 0 Å². The zero-order valence-corrected chi connectivity index (χ0v) is 13.7. The molecule has 3 rings (SSSR count). The van der Waals surface area contributed by atoms with Gasteiger partial charge in [-0.15, -0.1) is 0 Å². The fourth-order valence-electron chi connectivity index (χ4n) is 3.36. The van der Waals surface area contributed by atoms with Crippen molar-refractivity contribution in [3.63, 3.8) is 0 Å². The van der Waals surface area contributed by atoms with Crippen LogP contribution in [0.25, 0.3) is 0 Å². The summed E-state index contributed by atoms with van der Waals surface area (Å²) in [7, 11) is 0. The topological polar surface area (TPSA) is 78.5 Å². The molecule has 0 spiro atoms. The van der Waals surface area contributed by atoms with Gasteiger partial charge in [0.25, 0.3) is 5.91 Å². The number of rotatable bonds is 5. The highest BCUT2D eigenvalue weighted by Gasteiger charge is 2.39. The quantitative estimate of drug-likeness (QED) is 0.776. The minimum atomic E-state index is -0.639. The maximum atomic E-state index is 12.5. The molecule has 2 N–H and O–H groups in total. The molecule has 2 heterocycles. The molecule has 0 radical (unpaired) electrons. The zero-order chi connectivity index (χ0) is 16.9. The Morgan fingerprint density at radius 1 is 1.12 bits per heavy atom. The normalized spacial score (nSPS) is 21.8. The van der Waals surface area contributed by atoms with Crippen LogP contribution in [0.2, 0.25) is 0 Å². The summed E-state index contributed by atoms with van der Waals surface area (Å²) in [6.45, 7) is 2.07. The van der Waals surface area contributed by atoms with Crippen LogP contribution in [0.1, 0.15) is 31.2 Å². The van der Waals surface area contributed by atoms with Crippen molar-refractivity contribution in [2.75, 3.05) is 13.1 Å². The van der Waals surface area contributed by atoms with Gasteiger partial charge in [-0.25, -0.2) is 0 Å². The zero-order valence-electron chi connectivity index (χ0n) is 13.7. The second kappa shape index (κ2) is 7.57. The van der Waals surface area contributed by atoms with E-state index >= 15 is 0 Å². The lowest BCUT2D eigenvalue weighted by molar-refractivity contribution is -0.143. The van der Waals surface area contributed by atoms with Crippen molar-refractivity contribution >= 4 is 17.6 Å². The molecule has 0 bridgehead atoms. The summed E-state index contributed by atoms with van der Waals surface area (Å²) in [6, 6.07) is 8.95. The molecule has 1 aromatic carbocycles. The van der Waals surface area contributed by atoms with Crippen molar-refractivity contribution in [3.8, 4) is 0 Å². The summed E-state index contributed by atoms with van der Waals surface area (Å²) in [6.07, 6.45) is 2.40. The van der Waals surface area contributed by atoms with Crippen LogP contribution in [0.15, 0.2) is 30.3 Å². The second-order valence-electron chi connectivity index (χ2n) is 6.42. The lowest BCUT2D eigenvalue weighted by atomic mass is 10.0. The van der Waals surface area contributed by atoms with Crippen molar-refractivity contribution in [1.29, 1.82) is 0 Å². The molecule has 0 saturated carbocycles. The van der Waals surface area contributed by atoms with Crippen LogP contribution in [0.5, 0.6) is 0 Å². The second-order valence-corrected chi connectivity index (χ2v) is 6.42. The predicted octanol–water partition coefficient (Wildman–Crippen LogP) is 0.615. The third kappa shape index (κ3) is 3.82. The van der Waals surface area contributed by atoms with Gasteiger partial charge in [-0.3, -0.25) is 14.4 Å². The van der Waals surface area contributed by atoms with Crippen LogP contribution < -0.4 is 10.6 Å². The van der Waals surface area contributed by atoms with Gasteiger partial charge in [-0.2, -0.15) is 0 Å². The van der Waals surface area contributed by atoms with E-state index in [1.807, 2.05) is 30.3 Å². The Labute approximate surface area is 141 Å². The van der Waals surface area contributed by atoms with E-state index in [-0.39, 0.29) is 11.9 Å². The van der Waals surface area contributed by atoms with Gasteiger partial charge in [0.1, 0.15) is 6.04 Å². The van der Waals surface area contributed by atoms with E-state index < -0.39 is 17.7 Å². The van der Waals surface area contributed by atoms with E-state index in [2.05, 4.69) is 10.6 Å². The van der Waals surface area contributed by atoms with Gasteiger partial charge in [-0.1, -0.05) is 30.3 Å². The molecule has 0 aromatic heterocycles. The number of amides is 2. The highest BCUT2D eigenvalue weighted by atomic mass is 16.2. The molecule has 2 aliphatic heterocycles. The number of carbonyl (C=O) groups is 3. The molecule has 6 heteroatoms. The maximum absolute atomic E-state index is 12.5. The Balaban J connectivity index is 1.63. The number of benzene rings is 1. The lowest BCUT2D eigenvalue weighted by Crippen LogP contribution is -2.50. The summed E-state index contributed by atoms with van der Waals surface area (Å²) in [5.74, 6) is -1.11. The molecule has 2 saturated heterocycles. The molecule has 2 amide bonds. The Morgan fingerprint density at radius 2 is 1.83 bits per heavy atom. The van der Waals surface area contributed by atoms with Crippen molar-refractivity contribution in [1.82, 2.24) is 15.5 Å². The molecule has 0 unspecified atom stereocenters. The first-order valence-corrected chi connectivity index (χ1v) is 8.54. The summed E-state index contributed by atoms with van der Waals surface area (Å²) < 4.78 is 0. The minimum absolute atomic E-state index is 0.0439. The average molecular weight is 329 g/mol. The number of nitrogens with one attached hydrogen (secondary N) is 2. The first kappa shape index (κ1) is 16.6. The SMILES string of the molecule is O=C(NC1CCNCC1)C(=O)[C@H]1CCC(=O)N1Cc1ccccc1. The Kier molecular flexibility index (Phi) is 5.25. The van der Waals surface area contributed by atoms with Crippen molar-refractivity contribution in [2.24, 2.45) is 0 Å². The van der Waals surface area contributed by atoms with E-state index in [0.29, 0.717) is 19.4 Å². The predicted molar refractivity (Wildman–Crippen MR) is 89.1 cm³/mol. The average Bonchev–Trinajstić information content (AvgIpc) is 2.97. The number of hydrogen-bond donors (Lipinski definition) is 2. The smallest absolute Gasteiger partial charge is 0.289 e. The largest absolute Gasteiger partial charge is 0.347 e. The highest BCUT2D eigenvalue weighted by molar-refractivity contribution is 6.38. The standard InChI is InChI=1S/C18H23N3O3/c22-16-7-6-15(21(16)12-13-4-2-1-3-5-13)17(23)18(24)20-14-8-10-19-11-9-14/h1-5,14-15,19H,6-12H2,(H,20,24)/t15-/m1/s1. The molecule has 2 fully saturated rings. The summed E-state index contributed by atoms with van der Waals surface area (Å²) in [5.41, 5.74) is 0.962. The van der Waals surface area contributed by atoms with Crippen molar-refractivity contribution in [2.45, 2.75) is 44.3 Å². The molecular weight excluding hydrogens is 306 g/mol. The molecular formula is C18H23N3O3. The van der Waals surface area contributed by atoms with E-state index in [0.717, 1.165) is 31.5 Å². The first-order chi connectivity index (χ1) is 11.6. The maximum Gasteiger partial charge on any atom is 0.289 e. The fraction of sp³-hybridized carbons (Fsp3) is 0.500. The number of Topliss-reactive ketones (excluding diaryl/α,β-unsaturated/α-hetero) is 1. The number of nitrogens with zero attached hydrogens (tertiary/aromatic N) is 1. The van der Waals surface area contributed by atoms with Gasteiger partial charge >= 0.3 is 0 Å². The Hall–Kier alpha value is -2.21. The Morgan fingerprint density at radius 3 is 2.54 bits per heavy atom. The van der Waals surface area contributed by atoms with Gasteiger partial charge in [0, 0.05) is 19.0 Å². The fourth-order valence-corrected chi connectivity index (χ4v) is 3.36. The van der Waals surface area contributed by atoms with Crippen LogP contribution in [-0.4, -0.2) is 47.7 Å². The van der Waals surface area contributed by atoms with E-state index in [1.54, 1.807) is 4.90 Å². The van der Waals surface area contributed by atoms with Crippen molar-refractivity contribution < 1.29 is 14.4 Å². The van der Waals surface area contributed by atoms with Crippen LogP contribution in [0.4, 0.5) is 0 Å². The van der Waals surface area contributed by atoms with E-state index in [9.17, 15) is 14.4 Å². The summed E-state index contributed by atoms with van der Waals surface area (Å²) >= 11 is 0. The number of likely N-dealkylation sites (tertiary alicyclic amines) is 1. The lowest BCUT2D eigenvalue weighted by Gasteiger charge is -2.26. The summed E-state index contributed by atoms with van der Waals surface area (Å²) in [4.78, 5) is 38.5. The van der Waals surface area contributed by atoms with Crippen LogP contribution in [0.3, 0.4) is 0 Å². The van der Waals surface area contributed by atoms with E-state index in [1.165, 1.54) is 0 Å². The minimum Gasteiger partial charge on any atom is -0.347 e. The molecule has 1 aromatic rings. The molecule has 0 aliphatic carbocycles. The number of hydrogen-bond acceptors (Lipinski definition) is 4. The molecule has 6 nitrogen and oxygen atoms in total. The number of piperidine rings is 1. The molecule has 128 valence electrons. The van der Waals surface area contributed by atoms with Gasteiger partial charge in [0.05, 0.1) is 0 Å². The summed E-state index contributed by atoms with van der Waals surface area (Å²) in [5, 5.41) is 6.05. The van der Waals surface area contributed by atoms with Crippen LogP contribution in [-0.2, 0) is 20.9 Å². The van der Waals surface area contributed by atoms with Gasteiger partial charge < -0.3 is 15.5 Å².